The van der Waals surface area contributed by atoms with Gasteiger partial charge in [-0.3, -0.25) is 9.97 Å². The van der Waals surface area contributed by atoms with Crippen LogP contribution in [0.25, 0.3) is 0 Å². The van der Waals surface area contributed by atoms with E-state index in [0.29, 0.717) is 10.6 Å². The largest absolute Gasteiger partial charge is 0.261 e. The molecule has 0 aliphatic rings. The van der Waals surface area contributed by atoms with Crippen molar-refractivity contribution in [3.63, 3.8) is 0 Å². The van der Waals surface area contributed by atoms with Crippen molar-refractivity contribution in [1.82, 2.24) is 9.97 Å². The Morgan fingerprint density at radius 3 is 2.47 bits per heavy atom. The molecule has 4 nitrogen and oxygen atoms in total. The van der Waals surface area contributed by atoms with Gasteiger partial charge >= 0.3 is 0 Å². The molecular formula is C14H16N2O2S. The molecule has 1 aromatic carbocycles. The summed E-state index contributed by atoms with van der Waals surface area (Å²) in [4.78, 5) is 8.36. The predicted octanol–water partition coefficient (Wildman–Crippen LogP) is 2.63. The number of rotatable bonds is 3. The minimum atomic E-state index is -3.44. The maximum absolute atomic E-state index is 12.6. The fraction of sp³-hybridized carbons (Fsp3) is 0.286. The minimum Gasteiger partial charge on any atom is -0.261 e. The van der Waals surface area contributed by atoms with Crippen molar-refractivity contribution in [3.8, 4) is 0 Å². The third-order valence-corrected chi connectivity index (χ3v) is 5.35. The van der Waals surface area contributed by atoms with Crippen molar-refractivity contribution in [3.05, 3.63) is 53.6 Å². The first kappa shape index (κ1) is 13.7. The summed E-state index contributed by atoms with van der Waals surface area (Å²) >= 11 is 0. The van der Waals surface area contributed by atoms with Gasteiger partial charge in [0.05, 0.1) is 10.6 Å². The van der Waals surface area contributed by atoms with Crippen LogP contribution >= 0.6 is 0 Å². The second-order valence-electron chi connectivity index (χ2n) is 4.59. The maximum Gasteiger partial charge on any atom is 0.186 e. The van der Waals surface area contributed by atoms with E-state index in [9.17, 15) is 8.42 Å². The van der Waals surface area contributed by atoms with E-state index in [1.165, 1.54) is 18.6 Å². The molecule has 19 heavy (non-hydrogen) atoms. The molecule has 0 N–H and O–H groups in total. The van der Waals surface area contributed by atoms with Crippen molar-refractivity contribution in [2.75, 3.05) is 0 Å². The van der Waals surface area contributed by atoms with Crippen molar-refractivity contribution >= 4 is 9.84 Å². The van der Waals surface area contributed by atoms with E-state index in [1.54, 1.807) is 13.0 Å². The molecule has 0 bridgehead atoms. The van der Waals surface area contributed by atoms with E-state index >= 15 is 0 Å². The number of aromatic nitrogens is 2. The van der Waals surface area contributed by atoms with Crippen LogP contribution in [0.3, 0.4) is 0 Å². The minimum absolute atomic E-state index is 0.358. The van der Waals surface area contributed by atoms with Crippen molar-refractivity contribution in [2.45, 2.75) is 30.9 Å². The van der Waals surface area contributed by atoms with Gasteiger partial charge in [0.1, 0.15) is 5.25 Å². The molecule has 1 heterocycles. The van der Waals surface area contributed by atoms with Gasteiger partial charge in [-0.05, 0) is 32.4 Å². The third-order valence-electron chi connectivity index (χ3n) is 3.10. The zero-order chi connectivity index (χ0) is 14.0. The molecule has 0 fully saturated rings. The van der Waals surface area contributed by atoms with E-state index in [0.717, 1.165) is 11.1 Å². The number of hydrogen-bond donors (Lipinski definition) is 0. The highest BCUT2D eigenvalue weighted by atomic mass is 32.2. The van der Waals surface area contributed by atoms with Crippen LogP contribution in [0, 0.1) is 13.8 Å². The SMILES string of the molecule is Cc1ccc(S(=O)(=O)[C@@H](C)c2cnccn2)c(C)c1. The van der Waals surface area contributed by atoms with E-state index < -0.39 is 15.1 Å². The van der Waals surface area contributed by atoms with Gasteiger partial charge in [0.15, 0.2) is 9.84 Å². The first-order valence-electron chi connectivity index (χ1n) is 6.00. The molecule has 0 amide bonds. The van der Waals surface area contributed by atoms with E-state index in [4.69, 9.17) is 0 Å². The van der Waals surface area contributed by atoms with Crippen LogP contribution < -0.4 is 0 Å². The molecule has 2 aromatic rings. The summed E-state index contributed by atoms with van der Waals surface area (Å²) in [6.07, 6.45) is 4.52. The molecule has 0 spiro atoms. The quantitative estimate of drug-likeness (QED) is 0.864. The van der Waals surface area contributed by atoms with Crippen LogP contribution in [-0.4, -0.2) is 18.4 Å². The summed E-state index contributed by atoms with van der Waals surface area (Å²) in [5, 5.41) is -0.706. The van der Waals surface area contributed by atoms with Crippen molar-refractivity contribution in [2.24, 2.45) is 0 Å². The van der Waals surface area contributed by atoms with Gasteiger partial charge in [0.25, 0.3) is 0 Å². The standard InChI is InChI=1S/C14H16N2O2S/c1-10-4-5-14(11(2)8-10)19(17,18)12(3)13-9-15-6-7-16-13/h4-9,12H,1-3H3/t12-/m0/s1. The first-order chi connectivity index (χ1) is 8.93. The molecule has 100 valence electrons. The Bertz CT molecular complexity index is 682. The highest BCUT2D eigenvalue weighted by Crippen LogP contribution is 2.29. The van der Waals surface area contributed by atoms with Crippen molar-refractivity contribution < 1.29 is 8.42 Å². The Labute approximate surface area is 113 Å². The monoisotopic (exact) mass is 276 g/mol. The van der Waals surface area contributed by atoms with Crippen molar-refractivity contribution in [1.29, 1.82) is 0 Å². The molecule has 2 rings (SSSR count). The van der Waals surface area contributed by atoms with Gasteiger partial charge in [0, 0.05) is 18.6 Å². The third kappa shape index (κ3) is 2.66. The number of aryl methyl sites for hydroxylation is 2. The number of sulfone groups is 1. The van der Waals surface area contributed by atoms with Gasteiger partial charge < -0.3 is 0 Å². The molecule has 0 saturated heterocycles. The molecule has 5 heteroatoms. The average molecular weight is 276 g/mol. The summed E-state index contributed by atoms with van der Waals surface area (Å²) in [6, 6.07) is 5.34. The van der Waals surface area contributed by atoms with Gasteiger partial charge in [-0.1, -0.05) is 17.7 Å². The van der Waals surface area contributed by atoms with Crippen LogP contribution in [0.15, 0.2) is 41.7 Å². The van der Waals surface area contributed by atoms with Crippen LogP contribution in [0.1, 0.15) is 29.0 Å². The second-order valence-corrected chi connectivity index (χ2v) is 6.82. The molecule has 0 unspecified atom stereocenters. The van der Waals surface area contributed by atoms with Gasteiger partial charge in [-0.25, -0.2) is 8.42 Å². The molecule has 0 aliphatic heterocycles. The van der Waals surface area contributed by atoms with Crippen LogP contribution in [0.4, 0.5) is 0 Å². The Kier molecular flexibility index (Phi) is 3.66. The lowest BCUT2D eigenvalue weighted by Crippen LogP contribution is -2.13. The Balaban J connectivity index is 2.48. The summed E-state index contributed by atoms with van der Waals surface area (Å²) in [7, 11) is -3.44. The second kappa shape index (κ2) is 5.09. The zero-order valence-electron chi connectivity index (χ0n) is 11.2. The molecule has 0 saturated carbocycles. The molecule has 1 aromatic heterocycles. The van der Waals surface area contributed by atoms with Gasteiger partial charge in [0.2, 0.25) is 0 Å². The van der Waals surface area contributed by atoms with Gasteiger partial charge in [-0.2, -0.15) is 0 Å². The molecule has 0 radical (unpaired) electrons. The van der Waals surface area contributed by atoms with E-state index in [-0.39, 0.29) is 0 Å². The van der Waals surface area contributed by atoms with Crippen LogP contribution in [0.2, 0.25) is 0 Å². The lowest BCUT2D eigenvalue weighted by Gasteiger charge is -2.14. The van der Waals surface area contributed by atoms with Crippen LogP contribution in [0.5, 0.6) is 0 Å². The number of nitrogens with zero attached hydrogens (tertiary/aromatic N) is 2. The number of hydrogen-bond acceptors (Lipinski definition) is 4. The smallest absolute Gasteiger partial charge is 0.186 e. The predicted molar refractivity (Wildman–Crippen MR) is 73.5 cm³/mol. The lowest BCUT2D eigenvalue weighted by molar-refractivity contribution is 0.584. The van der Waals surface area contributed by atoms with E-state index in [1.807, 2.05) is 26.0 Å². The Morgan fingerprint density at radius 2 is 1.89 bits per heavy atom. The molecule has 1 atom stereocenters. The average Bonchev–Trinajstić information content (AvgIpc) is 2.38. The maximum atomic E-state index is 12.6. The zero-order valence-corrected chi connectivity index (χ0v) is 12.0. The Morgan fingerprint density at radius 1 is 1.16 bits per heavy atom. The van der Waals surface area contributed by atoms with Gasteiger partial charge in [-0.15, -0.1) is 0 Å². The summed E-state index contributed by atoms with van der Waals surface area (Å²) in [5.74, 6) is 0. The summed E-state index contributed by atoms with van der Waals surface area (Å²) < 4.78 is 25.2. The normalized spacial score (nSPS) is 13.2. The highest BCUT2D eigenvalue weighted by Gasteiger charge is 2.27. The molecule has 0 aliphatic carbocycles. The topological polar surface area (TPSA) is 59.9 Å². The summed E-state index contributed by atoms with van der Waals surface area (Å²) in [6.45, 7) is 5.39. The van der Waals surface area contributed by atoms with E-state index in [2.05, 4.69) is 9.97 Å². The fourth-order valence-corrected chi connectivity index (χ4v) is 3.57. The van der Waals surface area contributed by atoms with Crippen LogP contribution in [-0.2, 0) is 9.84 Å². The fourth-order valence-electron chi connectivity index (χ4n) is 1.99. The highest BCUT2D eigenvalue weighted by molar-refractivity contribution is 7.91. The summed E-state index contributed by atoms with van der Waals surface area (Å²) in [5.41, 5.74) is 2.27. The Hall–Kier alpha value is -1.75. The number of benzene rings is 1. The first-order valence-corrected chi connectivity index (χ1v) is 7.54. The lowest BCUT2D eigenvalue weighted by atomic mass is 10.2. The molecular weight excluding hydrogens is 260 g/mol.